The molecule has 19 heavy (non-hydrogen) atoms. The van der Waals surface area contributed by atoms with Crippen LogP contribution < -0.4 is 10.1 Å². The summed E-state index contributed by atoms with van der Waals surface area (Å²) in [7, 11) is 0. The third-order valence-corrected chi connectivity index (χ3v) is 4.01. The highest BCUT2D eigenvalue weighted by Gasteiger charge is 2.11. The van der Waals surface area contributed by atoms with Crippen LogP contribution in [0.25, 0.3) is 0 Å². The summed E-state index contributed by atoms with van der Waals surface area (Å²) in [4.78, 5) is 0. The fourth-order valence-electron chi connectivity index (χ4n) is 1.62. The van der Waals surface area contributed by atoms with Gasteiger partial charge < -0.3 is 10.1 Å². The van der Waals surface area contributed by atoms with Gasteiger partial charge in [0.1, 0.15) is 5.75 Å². The minimum atomic E-state index is 0.220. The summed E-state index contributed by atoms with van der Waals surface area (Å²) in [6.45, 7) is 10.5. The highest BCUT2D eigenvalue weighted by Crippen LogP contribution is 2.35. The second kappa shape index (κ2) is 8.28. The SMILES string of the molecule is CCC(C)Oc1c(Br)cc(CNCC(C)C)cc1Br. The van der Waals surface area contributed by atoms with Crippen LogP contribution in [0.4, 0.5) is 0 Å². The summed E-state index contributed by atoms with van der Waals surface area (Å²) < 4.78 is 7.92. The molecule has 1 atom stereocenters. The van der Waals surface area contributed by atoms with Gasteiger partial charge in [0.15, 0.2) is 0 Å². The van der Waals surface area contributed by atoms with Gasteiger partial charge in [-0.3, -0.25) is 0 Å². The maximum absolute atomic E-state index is 5.91. The van der Waals surface area contributed by atoms with Crippen molar-refractivity contribution >= 4 is 31.9 Å². The van der Waals surface area contributed by atoms with Crippen LogP contribution in [0, 0.1) is 5.92 Å². The second-order valence-electron chi connectivity index (χ2n) is 5.25. The second-order valence-corrected chi connectivity index (χ2v) is 6.96. The highest BCUT2D eigenvalue weighted by atomic mass is 79.9. The number of benzene rings is 1. The van der Waals surface area contributed by atoms with E-state index in [0.29, 0.717) is 5.92 Å². The van der Waals surface area contributed by atoms with Gasteiger partial charge in [0.25, 0.3) is 0 Å². The zero-order valence-electron chi connectivity index (χ0n) is 12.1. The number of rotatable bonds is 7. The highest BCUT2D eigenvalue weighted by molar-refractivity contribution is 9.11. The molecule has 0 aliphatic carbocycles. The zero-order chi connectivity index (χ0) is 14.4. The summed E-state index contributed by atoms with van der Waals surface area (Å²) in [6.07, 6.45) is 1.22. The summed E-state index contributed by atoms with van der Waals surface area (Å²) in [5, 5.41) is 3.44. The smallest absolute Gasteiger partial charge is 0.148 e. The van der Waals surface area contributed by atoms with Crippen molar-refractivity contribution in [3.63, 3.8) is 0 Å². The Balaban J connectivity index is 2.73. The molecule has 0 fully saturated rings. The minimum Gasteiger partial charge on any atom is -0.488 e. The van der Waals surface area contributed by atoms with E-state index in [1.165, 1.54) is 5.56 Å². The molecule has 1 aromatic carbocycles. The molecule has 1 rings (SSSR count). The number of hydrogen-bond donors (Lipinski definition) is 1. The fraction of sp³-hybridized carbons (Fsp3) is 0.600. The molecule has 0 heterocycles. The molecule has 0 aromatic heterocycles. The Hall–Kier alpha value is -0.0600. The van der Waals surface area contributed by atoms with Gasteiger partial charge in [0, 0.05) is 6.54 Å². The van der Waals surface area contributed by atoms with Gasteiger partial charge in [0.05, 0.1) is 15.0 Å². The van der Waals surface area contributed by atoms with Crippen molar-refractivity contribution < 1.29 is 4.74 Å². The van der Waals surface area contributed by atoms with Crippen molar-refractivity contribution in [2.24, 2.45) is 5.92 Å². The molecule has 2 nitrogen and oxygen atoms in total. The fourth-order valence-corrected chi connectivity index (χ4v) is 3.08. The molecular weight excluding hydrogens is 370 g/mol. The molecule has 0 saturated heterocycles. The maximum Gasteiger partial charge on any atom is 0.148 e. The van der Waals surface area contributed by atoms with E-state index in [1.54, 1.807) is 0 Å². The van der Waals surface area contributed by atoms with E-state index < -0.39 is 0 Å². The first-order chi connectivity index (χ1) is 8.93. The lowest BCUT2D eigenvalue weighted by Crippen LogP contribution is -2.19. The van der Waals surface area contributed by atoms with Crippen LogP contribution in [0.5, 0.6) is 5.75 Å². The summed E-state index contributed by atoms with van der Waals surface area (Å²) in [5.74, 6) is 1.56. The molecule has 1 N–H and O–H groups in total. The minimum absolute atomic E-state index is 0.220. The molecule has 0 aliphatic rings. The van der Waals surface area contributed by atoms with Gasteiger partial charge in [-0.05, 0) is 75.4 Å². The molecule has 0 radical (unpaired) electrons. The Labute approximate surface area is 133 Å². The van der Waals surface area contributed by atoms with Crippen LogP contribution in [-0.4, -0.2) is 12.6 Å². The van der Waals surface area contributed by atoms with Gasteiger partial charge in [0.2, 0.25) is 0 Å². The van der Waals surface area contributed by atoms with Crippen molar-refractivity contribution in [3.05, 3.63) is 26.6 Å². The topological polar surface area (TPSA) is 21.3 Å². The molecule has 4 heteroatoms. The van der Waals surface area contributed by atoms with Crippen LogP contribution in [0.15, 0.2) is 21.1 Å². The molecule has 0 bridgehead atoms. The zero-order valence-corrected chi connectivity index (χ0v) is 15.3. The number of halogens is 2. The monoisotopic (exact) mass is 391 g/mol. The lowest BCUT2D eigenvalue weighted by molar-refractivity contribution is 0.214. The maximum atomic E-state index is 5.91. The number of ether oxygens (including phenoxy) is 1. The van der Waals surface area contributed by atoms with Gasteiger partial charge >= 0.3 is 0 Å². The molecule has 108 valence electrons. The van der Waals surface area contributed by atoms with Crippen molar-refractivity contribution in [1.29, 1.82) is 0 Å². The van der Waals surface area contributed by atoms with Crippen molar-refractivity contribution in [1.82, 2.24) is 5.32 Å². The number of nitrogens with one attached hydrogen (secondary N) is 1. The summed E-state index contributed by atoms with van der Waals surface area (Å²) in [6, 6.07) is 4.24. The van der Waals surface area contributed by atoms with Gasteiger partial charge in [-0.1, -0.05) is 20.8 Å². The first-order valence-electron chi connectivity index (χ1n) is 6.79. The van der Waals surface area contributed by atoms with E-state index >= 15 is 0 Å². The first-order valence-corrected chi connectivity index (χ1v) is 8.37. The summed E-state index contributed by atoms with van der Waals surface area (Å²) in [5.41, 5.74) is 1.25. The summed E-state index contributed by atoms with van der Waals surface area (Å²) >= 11 is 7.19. The van der Waals surface area contributed by atoms with Crippen LogP contribution >= 0.6 is 31.9 Å². The van der Waals surface area contributed by atoms with Gasteiger partial charge in [-0.2, -0.15) is 0 Å². The molecule has 1 aromatic rings. The Kier molecular flexibility index (Phi) is 7.40. The predicted molar refractivity (Wildman–Crippen MR) is 88.8 cm³/mol. The Bertz CT molecular complexity index is 384. The van der Waals surface area contributed by atoms with E-state index in [-0.39, 0.29) is 6.10 Å². The van der Waals surface area contributed by atoms with E-state index in [2.05, 4.69) is 77.0 Å². The van der Waals surface area contributed by atoms with Gasteiger partial charge in [-0.15, -0.1) is 0 Å². The quantitative estimate of drug-likeness (QED) is 0.693. The molecule has 0 saturated carbocycles. The molecule has 0 amide bonds. The van der Waals surface area contributed by atoms with Crippen molar-refractivity contribution in [3.8, 4) is 5.75 Å². The average molecular weight is 393 g/mol. The van der Waals surface area contributed by atoms with E-state index in [0.717, 1.165) is 34.2 Å². The van der Waals surface area contributed by atoms with Gasteiger partial charge in [-0.25, -0.2) is 0 Å². The molecular formula is C15H23Br2NO. The van der Waals surface area contributed by atoms with Crippen LogP contribution in [-0.2, 0) is 6.54 Å². The number of hydrogen-bond acceptors (Lipinski definition) is 2. The van der Waals surface area contributed by atoms with E-state index in [1.807, 2.05) is 0 Å². The lowest BCUT2D eigenvalue weighted by Gasteiger charge is -2.17. The average Bonchev–Trinajstić information content (AvgIpc) is 2.33. The van der Waals surface area contributed by atoms with E-state index in [4.69, 9.17) is 4.74 Å². The standard InChI is InChI=1S/C15H23Br2NO/c1-5-11(4)19-15-13(16)6-12(7-14(15)17)9-18-8-10(2)3/h6-7,10-11,18H,5,8-9H2,1-4H3. The Morgan fingerprint density at radius 1 is 1.16 bits per heavy atom. The Morgan fingerprint density at radius 3 is 2.21 bits per heavy atom. The molecule has 0 spiro atoms. The van der Waals surface area contributed by atoms with Crippen LogP contribution in [0.2, 0.25) is 0 Å². The largest absolute Gasteiger partial charge is 0.488 e. The third-order valence-electron chi connectivity index (χ3n) is 2.83. The third kappa shape index (κ3) is 5.84. The van der Waals surface area contributed by atoms with Crippen LogP contribution in [0.1, 0.15) is 39.7 Å². The van der Waals surface area contributed by atoms with Crippen molar-refractivity contribution in [2.45, 2.75) is 46.8 Å². The lowest BCUT2D eigenvalue weighted by atomic mass is 10.2. The molecule has 0 aliphatic heterocycles. The van der Waals surface area contributed by atoms with Crippen molar-refractivity contribution in [2.75, 3.05) is 6.54 Å². The van der Waals surface area contributed by atoms with E-state index in [9.17, 15) is 0 Å². The Morgan fingerprint density at radius 2 is 1.74 bits per heavy atom. The van der Waals surface area contributed by atoms with Crippen LogP contribution in [0.3, 0.4) is 0 Å². The predicted octanol–water partition coefficient (Wildman–Crippen LogP) is 5.13. The molecule has 1 unspecified atom stereocenters. The normalized spacial score (nSPS) is 12.8. The first kappa shape index (κ1) is 17.0.